The Morgan fingerprint density at radius 2 is 1.53 bits per heavy atom. The van der Waals surface area contributed by atoms with Gasteiger partial charge in [0.05, 0.1) is 24.8 Å². The molecule has 2 aromatic rings. The van der Waals surface area contributed by atoms with E-state index in [-0.39, 0.29) is 22.3 Å². The Morgan fingerprint density at radius 3 is 2.09 bits per heavy atom. The van der Waals surface area contributed by atoms with Gasteiger partial charge in [-0.3, -0.25) is 0 Å². The molecule has 0 atom stereocenters. The monoisotopic (exact) mass is 436 g/mol. The van der Waals surface area contributed by atoms with Crippen LogP contribution in [-0.2, 0) is 12.0 Å². The van der Waals surface area contributed by atoms with Crippen molar-refractivity contribution in [1.82, 2.24) is 0 Å². The number of carboxylic acids is 1. The van der Waals surface area contributed by atoms with Crippen molar-refractivity contribution in [2.45, 2.75) is 50.5 Å². The Morgan fingerprint density at radius 1 is 0.938 bits per heavy atom. The number of ether oxygens (including phenoxy) is 2. The molecule has 0 aromatic heterocycles. The minimum absolute atomic E-state index is 0.0300. The highest BCUT2D eigenvalue weighted by Gasteiger charge is 2.52. The van der Waals surface area contributed by atoms with E-state index in [2.05, 4.69) is 0 Å². The molecule has 6 nitrogen and oxygen atoms in total. The lowest BCUT2D eigenvalue weighted by Gasteiger charge is -2.57. The first-order valence-electron chi connectivity index (χ1n) is 11.3. The van der Waals surface area contributed by atoms with Crippen LogP contribution in [0.4, 0.5) is 0 Å². The third-order valence-corrected chi connectivity index (χ3v) is 7.73. The lowest BCUT2D eigenvalue weighted by Crippen LogP contribution is -2.48. The molecule has 4 saturated carbocycles. The number of carbonyl (C=O) groups is 2. The van der Waals surface area contributed by atoms with E-state index in [0.29, 0.717) is 5.56 Å². The summed E-state index contributed by atoms with van der Waals surface area (Å²) in [5, 5.41) is 18.8. The molecule has 0 amide bonds. The van der Waals surface area contributed by atoms with Gasteiger partial charge in [-0.05, 0) is 98.1 Å². The second-order valence-corrected chi connectivity index (χ2v) is 9.79. The molecule has 168 valence electrons. The molecule has 0 spiro atoms. The highest BCUT2D eigenvalue weighted by Crippen LogP contribution is 2.61. The molecule has 0 saturated heterocycles. The maximum absolute atomic E-state index is 13.0. The Kier molecular flexibility index (Phi) is 5.20. The standard InChI is InChI=1S/C26H28O6/c1-31-23-5-3-19(25(30)32-22-4-2-18(24(28)29)9-20(22)14-27)10-21(23)26-11-15-6-16(12-26)8-17(7-15)13-26/h2-5,9-10,15-17,27H,6-8,11-14H2,1H3,(H,28,29). The van der Waals surface area contributed by atoms with Crippen molar-refractivity contribution < 1.29 is 29.3 Å². The quantitative estimate of drug-likeness (QED) is 0.509. The van der Waals surface area contributed by atoms with Crippen molar-refractivity contribution >= 4 is 11.9 Å². The summed E-state index contributed by atoms with van der Waals surface area (Å²) in [5.74, 6) is 1.65. The molecule has 32 heavy (non-hydrogen) atoms. The third-order valence-electron chi connectivity index (χ3n) is 7.73. The summed E-state index contributed by atoms with van der Waals surface area (Å²) in [6.07, 6.45) is 7.45. The third kappa shape index (κ3) is 3.56. The van der Waals surface area contributed by atoms with Crippen LogP contribution in [0.3, 0.4) is 0 Å². The first kappa shape index (κ1) is 21.0. The molecule has 2 N–H and O–H groups in total. The summed E-state index contributed by atoms with van der Waals surface area (Å²) in [6.45, 7) is -0.426. The fourth-order valence-electron chi connectivity index (χ4n) is 6.78. The van der Waals surface area contributed by atoms with E-state index >= 15 is 0 Å². The number of hydrogen-bond acceptors (Lipinski definition) is 5. The molecule has 4 bridgehead atoms. The van der Waals surface area contributed by atoms with Crippen molar-refractivity contribution in [2.24, 2.45) is 17.8 Å². The van der Waals surface area contributed by atoms with E-state index < -0.39 is 18.5 Å². The van der Waals surface area contributed by atoms with Crippen LogP contribution in [0.1, 0.15) is 70.4 Å². The molecule has 0 unspecified atom stereocenters. The predicted octanol–water partition coefficient (Wildman–Crippen LogP) is 4.57. The summed E-state index contributed by atoms with van der Waals surface area (Å²) >= 11 is 0. The van der Waals surface area contributed by atoms with E-state index in [4.69, 9.17) is 14.6 Å². The van der Waals surface area contributed by atoms with Crippen LogP contribution in [0.2, 0.25) is 0 Å². The Labute approximate surface area is 187 Å². The van der Waals surface area contributed by atoms with Crippen LogP contribution >= 0.6 is 0 Å². The van der Waals surface area contributed by atoms with E-state index in [9.17, 15) is 14.7 Å². The molecule has 0 radical (unpaired) electrons. The topological polar surface area (TPSA) is 93.1 Å². The smallest absolute Gasteiger partial charge is 0.343 e. The van der Waals surface area contributed by atoms with E-state index in [1.165, 1.54) is 37.5 Å². The largest absolute Gasteiger partial charge is 0.496 e. The van der Waals surface area contributed by atoms with Crippen molar-refractivity contribution in [3.63, 3.8) is 0 Å². The highest BCUT2D eigenvalue weighted by atomic mass is 16.5. The number of carboxylic acid groups (broad SMARTS) is 1. The molecule has 2 aromatic carbocycles. The molecule has 0 aliphatic heterocycles. The maximum Gasteiger partial charge on any atom is 0.343 e. The van der Waals surface area contributed by atoms with Crippen molar-refractivity contribution in [3.8, 4) is 11.5 Å². The summed E-state index contributed by atoms with van der Waals surface area (Å²) in [4.78, 5) is 24.2. The minimum Gasteiger partial charge on any atom is -0.496 e. The summed E-state index contributed by atoms with van der Waals surface area (Å²) < 4.78 is 11.3. The fraction of sp³-hybridized carbons (Fsp3) is 0.462. The molecule has 4 aliphatic carbocycles. The van der Waals surface area contributed by atoms with Crippen molar-refractivity contribution in [2.75, 3.05) is 7.11 Å². The average Bonchev–Trinajstić information content (AvgIpc) is 2.77. The lowest BCUT2D eigenvalue weighted by molar-refractivity contribution is -0.00618. The van der Waals surface area contributed by atoms with Crippen molar-refractivity contribution in [1.29, 1.82) is 0 Å². The first-order valence-corrected chi connectivity index (χ1v) is 11.3. The van der Waals surface area contributed by atoms with E-state index in [1.807, 2.05) is 12.1 Å². The number of aromatic carboxylic acids is 1. The molecular formula is C26H28O6. The van der Waals surface area contributed by atoms with Gasteiger partial charge in [0, 0.05) is 11.1 Å². The number of carbonyl (C=O) groups excluding carboxylic acids is 1. The van der Waals surface area contributed by atoms with Gasteiger partial charge >= 0.3 is 11.9 Å². The fourth-order valence-corrected chi connectivity index (χ4v) is 6.78. The van der Waals surface area contributed by atoms with Gasteiger partial charge in [0.2, 0.25) is 0 Å². The SMILES string of the molecule is COc1ccc(C(=O)Oc2ccc(C(=O)O)cc2CO)cc1C12CC3CC(CC(C3)C1)C2. The predicted molar refractivity (Wildman–Crippen MR) is 117 cm³/mol. The van der Waals surface area contributed by atoms with Gasteiger partial charge in [-0.25, -0.2) is 9.59 Å². The van der Waals surface area contributed by atoms with Crippen LogP contribution in [0, 0.1) is 17.8 Å². The normalized spacial score (nSPS) is 27.9. The van der Waals surface area contributed by atoms with E-state index in [0.717, 1.165) is 48.3 Å². The van der Waals surface area contributed by atoms with Crippen LogP contribution in [0.25, 0.3) is 0 Å². The summed E-state index contributed by atoms with van der Waals surface area (Å²) in [5.41, 5.74) is 1.89. The molecule has 6 rings (SSSR count). The zero-order valence-corrected chi connectivity index (χ0v) is 18.2. The highest BCUT2D eigenvalue weighted by molar-refractivity contribution is 5.92. The second-order valence-electron chi connectivity index (χ2n) is 9.79. The molecule has 0 heterocycles. The number of methoxy groups -OCH3 is 1. The molecule has 6 heteroatoms. The van der Waals surface area contributed by atoms with Gasteiger partial charge in [-0.15, -0.1) is 0 Å². The second kappa shape index (κ2) is 7.93. The van der Waals surface area contributed by atoms with Crippen LogP contribution in [0.15, 0.2) is 36.4 Å². The number of benzene rings is 2. The van der Waals surface area contributed by atoms with Gasteiger partial charge in [0.1, 0.15) is 11.5 Å². The lowest BCUT2D eigenvalue weighted by atomic mass is 9.48. The Hall–Kier alpha value is -2.86. The first-order chi connectivity index (χ1) is 15.4. The van der Waals surface area contributed by atoms with Gasteiger partial charge in [-0.2, -0.15) is 0 Å². The zero-order chi connectivity index (χ0) is 22.5. The summed E-state index contributed by atoms with van der Waals surface area (Å²) in [6, 6.07) is 9.58. The Balaban J connectivity index is 1.45. The maximum atomic E-state index is 13.0. The number of esters is 1. The van der Waals surface area contributed by atoms with Gasteiger partial charge in [0.15, 0.2) is 0 Å². The van der Waals surface area contributed by atoms with Gasteiger partial charge < -0.3 is 19.7 Å². The minimum atomic E-state index is -1.10. The number of rotatable bonds is 6. The van der Waals surface area contributed by atoms with Crippen LogP contribution in [0.5, 0.6) is 11.5 Å². The molecule has 4 fully saturated rings. The van der Waals surface area contributed by atoms with Gasteiger partial charge in [-0.1, -0.05) is 0 Å². The van der Waals surface area contributed by atoms with E-state index in [1.54, 1.807) is 13.2 Å². The number of aliphatic hydroxyl groups excluding tert-OH is 1. The number of aliphatic hydroxyl groups is 1. The number of hydrogen-bond donors (Lipinski definition) is 2. The zero-order valence-electron chi connectivity index (χ0n) is 18.2. The van der Waals surface area contributed by atoms with Crippen LogP contribution < -0.4 is 9.47 Å². The van der Waals surface area contributed by atoms with Crippen LogP contribution in [-0.4, -0.2) is 29.3 Å². The van der Waals surface area contributed by atoms with Crippen molar-refractivity contribution in [3.05, 3.63) is 58.7 Å². The Bertz CT molecular complexity index is 1040. The molecule has 4 aliphatic rings. The molecular weight excluding hydrogens is 408 g/mol. The average molecular weight is 437 g/mol. The summed E-state index contributed by atoms with van der Waals surface area (Å²) in [7, 11) is 1.68. The van der Waals surface area contributed by atoms with Gasteiger partial charge in [0.25, 0.3) is 0 Å².